The lowest BCUT2D eigenvalue weighted by molar-refractivity contribution is 0.357. The molecule has 140 valence electrons. The van der Waals surface area contributed by atoms with Gasteiger partial charge in [0.1, 0.15) is 5.82 Å². The average molecular weight is 395 g/mol. The zero-order valence-corrected chi connectivity index (χ0v) is 14.0. The van der Waals surface area contributed by atoms with E-state index in [0.29, 0.717) is 17.1 Å². The van der Waals surface area contributed by atoms with Gasteiger partial charge in [0.2, 0.25) is 5.82 Å². The molecule has 0 N–H and O–H groups in total. The van der Waals surface area contributed by atoms with Crippen LogP contribution in [0.3, 0.4) is 0 Å². The molecule has 0 aromatic heterocycles. The molecule has 1 aliphatic rings. The molecule has 3 nitrogen and oxygen atoms in total. The van der Waals surface area contributed by atoms with E-state index in [2.05, 4.69) is 0 Å². The maximum absolute atomic E-state index is 14.0. The second-order valence-corrected chi connectivity index (χ2v) is 7.62. The first-order valence-electron chi connectivity index (χ1n) is 7.39. The topological polar surface area (TPSA) is 37.4 Å². The van der Waals surface area contributed by atoms with Crippen molar-refractivity contribution in [2.24, 2.45) is 0 Å². The molecule has 0 amide bonds. The number of halogens is 6. The summed E-state index contributed by atoms with van der Waals surface area (Å²) in [6, 6.07) is 2.50. The van der Waals surface area contributed by atoms with Crippen LogP contribution in [0, 0.1) is 41.8 Å². The van der Waals surface area contributed by atoms with E-state index in [-0.39, 0.29) is 11.3 Å². The summed E-state index contributed by atoms with van der Waals surface area (Å²) >= 11 is 0. The minimum atomic E-state index is -5.17. The molecule has 1 fully saturated rings. The van der Waals surface area contributed by atoms with Crippen molar-refractivity contribution in [3.8, 4) is 0 Å². The second-order valence-electron chi connectivity index (χ2n) is 5.86. The maximum atomic E-state index is 14.0. The Morgan fingerprint density at radius 3 is 1.85 bits per heavy atom. The van der Waals surface area contributed by atoms with Crippen LogP contribution in [0.2, 0.25) is 0 Å². The lowest BCUT2D eigenvalue weighted by Gasteiger charge is -2.25. The third-order valence-electron chi connectivity index (χ3n) is 3.97. The quantitative estimate of drug-likeness (QED) is 0.442. The van der Waals surface area contributed by atoms with E-state index in [1.165, 1.54) is 19.1 Å². The number of hydrogen-bond donors (Lipinski definition) is 0. The molecule has 0 aliphatic heterocycles. The van der Waals surface area contributed by atoms with E-state index in [0.717, 1.165) is 6.07 Å². The van der Waals surface area contributed by atoms with Gasteiger partial charge in [-0.1, -0.05) is 6.07 Å². The van der Waals surface area contributed by atoms with Gasteiger partial charge in [0.05, 0.1) is 5.69 Å². The van der Waals surface area contributed by atoms with Crippen LogP contribution in [0.1, 0.15) is 18.4 Å². The fourth-order valence-corrected chi connectivity index (χ4v) is 4.31. The van der Waals surface area contributed by atoms with Crippen LogP contribution >= 0.6 is 0 Å². The number of anilines is 1. The number of nitrogens with zero attached hydrogens (tertiary/aromatic N) is 1. The largest absolute Gasteiger partial charge is 0.270 e. The lowest BCUT2D eigenvalue weighted by Crippen LogP contribution is -2.35. The molecule has 1 saturated carbocycles. The summed E-state index contributed by atoms with van der Waals surface area (Å²) in [4.78, 5) is -1.96. The Balaban J connectivity index is 2.24. The van der Waals surface area contributed by atoms with Gasteiger partial charge in [-0.25, -0.2) is 34.8 Å². The highest BCUT2D eigenvalue weighted by Crippen LogP contribution is 2.39. The first kappa shape index (κ1) is 18.6. The maximum Gasteiger partial charge on any atom is 0.270 e. The third-order valence-corrected chi connectivity index (χ3v) is 5.88. The van der Waals surface area contributed by atoms with Gasteiger partial charge in [-0.15, -0.1) is 0 Å². The molecular formula is C16H11F6NO2S. The average Bonchev–Trinajstić information content (AvgIpc) is 3.39. The number of rotatable bonds is 4. The molecule has 0 atom stereocenters. The highest BCUT2D eigenvalue weighted by atomic mass is 32.2. The van der Waals surface area contributed by atoms with Crippen LogP contribution in [-0.4, -0.2) is 14.5 Å². The van der Waals surface area contributed by atoms with Crippen LogP contribution in [-0.2, 0) is 10.0 Å². The minimum absolute atomic E-state index is 0.193. The molecule has 26 heavy (non-hydrogen) atoms. The Morgan fingerprint density at radius 2 is 1.38 bits per heavy atom. The molecule has 0 radical (unpaired) electrons. The summed E-state index contributed by atoms with van der Waals surface area (Å²) in [5.41, 5.74) is -0.0716. The fraction of sp³-hybridized carbons (Fsp3) is 0.250. The van der Waals surface area contributed by atoms with Crippen LogP contribution in [0.5, 0.6) is 0 Å². The lowest BCUT2D eigenvalue weighted by atomic mass is 10.2. The van der Waals surface area contributed by atoms with Crippen molar-refractivity contribution in [3.05, 3.63) is 58.7 Å². The van der Waals surface area contributed by atoms with E-state index >= 15 is 0 Å². The number of aryl methyl sites for hydroxylation is 1. The molecular weight excluding hydrogens is 384 g/mol. The van der Waals surface area contributed by atoms with Gasteiger partial charge in [-0.2, -0.15) is 0 Å². The summed E-state index contributed by atoms with van der Waals surface area (Å²) in [6.07, 6.45) is 0.592. The predicted octanol–water partition coefficient (Wildman–Crippen LogP) is 4.19. The fourth-order valence-electron chi connectivity index (χ4n) is 2.48. The highest BCUT2D eigenvalue weighted by molar-refractivity contribution is 7.92. The zero-order valence-electron chi connectivity index (χ0n) is 13.2. The molecule has 0 heterocycles. The van der Waals surface area contributed by atoms with Gasteiger partial charge in [0.15, 0.2) is 28.2 Å². The van der Waals surface area contributed by atoms with Crippen molar-refractivity contribution in [2.45, 2.75) is 30.7 Å². The summed E-state index contributed by atoms with van der Waals surface area (Å²) in [5, 5.41) is 0. The summed E-state index contributed by atoms with van der Waals surface area (Å²) in [7, 11) is -5.17. The number of benzene rings is 2. The Bertz CT molecular complexity index is 975. The summed E-state index contributed by atoms with van der Waals surface area (Å²) < 4.78 is 108. The predicted molar refractivity (Wildman–Crippen MR) is 80.1 cm³/mol. The van der Waals surface area contributed by atoms with Crippen molar-refractivity contribution in [3.63, 3.8) is 0 Å². The molecule has 0 unspecified atom stereocenters. The van der Waals surface area contributed by atoms with Gasteiger partial charge < -0.3 is 0 Å². The van der Waals surface area contributed by atoms with Crippen LogP contribution in [0.4, 0.5) is 32.0 Å². The minimum Gasteiger partial charge on any atom is -0.263 e. The van der Waals surface area contributed by atoms with Gasteiger partial charge in [0.25, 0.3) is 10.0 Å². The molecule has 3 rings (SSSR count). The van der Waals surface area contributed by atoms with E-state index in [9.17, 15) is 34.8 Å². The normalized spacial score (nSPS) is 14.6. The van der Waals surface area contributed by atoms with Crippen molar-refractivity contribution >= 4 is 15.7 Å². The first-order chi connectivity index (χ1) is 12.1. The third kappa shape index (κ3) is 2.81. The van der Waals surface area contributed by atoms with Crippen LogP contribution in [0.25, 0.3) is 0 Å². The van der Waals surface area contributed by atoms with E-state index in [1.54, 1.807) is 0 Å². The Hall–Kier alpha value is -2.23. The molecule has 0 bridgehead atoms. The Morgan fingerprint density at radius 1 is 0.885 bits per heavy atom. The first-order valence-corrected chi connectivity index (χ1v) is 8.83. The molecule has 2 aromatic carbocycles. The van der Waals surface area contributed by atoms with Crippen molar-refractivity contribution in [1.82, 2.24) is 0 Å². The second kappa shape index (κ2) is 6.19. The summed E-state index contributed by atoms with van der Waals surface area (Å²) in [6.45, 7) is 1.42. The number of sulfonamides is 1. The Labute approximate surface area is 144 Å². The standard InChI is InChI=1S/C16H11F6NO2S/c1-7-2-3-9(6-10(7)17)23(8-4-5-8)26(24,25)16-14(21)12(19)11(18)13(20)15(16)22/h2-3,6,8H,4-5H2,1H3. The molecule has 2 aromatic rings. The number of hydrogen-bond acceptors (Lipinski definition) is 2. The smallest absolute Gasteiger partial charge is 0.263 e. The van der Waals surface area contributed by atoms with Gasteiger partial charge in [0, 0.05) is 6.04 Å². The van der Waals surface area contributed by atoms with E-state index < -0.39 is 55.9 Å². The monoisotopic (exact) mass is 395 g/mol. The molecule has 0 spiro atoms. The van der Waals surface area contributed by atoms with Gasteiger partial charge in [-0.3, -0.25) is 4.31 Å². The zero-order chi connectivity index (χ0) is 19.4. The van der Waals surface area contributed by atoms with E-state index in [4.69, 9.17) is 0 Å². The highest BCUT2D eigenvalue weighted by Gasteiger charge is 2.43. The van der Waals surface area contributed by atoms with Crippen LogP contribution < -0.4 is 4.31 Å². The SMILES string of the molecule is Cc1ccc(N(C2CC2)S(=O)(=O)c2c(F)c(F)c(F)c(F)c2F)cc1F. The van der Waals surface area contributed by atoms with Gasteiger partial charge >= 0.3 is 0 Å². The van der Waals surface area contributed by atoms with E-state index in [1.807, 2.05) is 0 Å². The van der Waals surface area contributed by atoms with Gasteiger partial charge in [-0.05, 0) is 37.5 Å². The van der Waals surface area contributed by atoms with Crippen molar-refractivity contribution in [2.75, 3.05) is 4.31 Å². The van der Waals surface area contributed by atoms with Crippen molar-refractivity contribution < 1.29 is 34.8 Å². The van der Waals surface area contributed by atoms with Crippen molar-refractivity contribution in [1.29, 1.82) is 0 Å². The molecule has 0 saturated heterocycles. The molecule has 10 heteroatoms. The summed E-state index contributed by atoms with van der Waals surface area (Å²) in [5.74, 6) is -12.9. The Kier molecular flexibility index (Phi) is 4.41. The van der Waals surface area contributed by atoms with Crippen LogP contribution in [0.15, 0.2) is 23.1 Å². The molecule has 1 aliphatic carbocycles.